The standard InChI is InChI=1S/C27H28N10O3S2/c1-13-14(2)41-26(33-13)20-7-4-15(10-29-20)19-11-32-37-23(28)22(42(3,39)40)21(34-25(19)37)16-8-17-5-6-18(9-16)36(17)27(38)24-30-12-31-35-24/h4,7,10-12,16-18H,5-6,8-9,28H2,1-3H3,(H,30,31,35)/t16-,17+,18-. The Hall–Kier alpha value is -4.24. The summed E-state index contributed by atoms with van der Waals surface area (Å²) in [6, 6.07) is 3.70. The van der Waals surface area contributed by atoms with E-state index in [1.807, 2.05) is 30.9 Å². The molecule has 2 aliphatic rings. The van der Waals surface area contributed by atoms with Gasteiger partial charge in [-0.15, -0.1) is 21.5 Å². The number of nitrogen functional groups attached to an aromatic ring is 1. The highest BCUT2D eigenvalue weighted by Crippen LogP contribution is 2.45. The molecule has 0 radical (unpaired) electrons. The fraction of sp³-hybridized carbons (Fsp3) is 0.370. The number of piperidine rings is 1. The Morgan fingerprint density at radius 2 is 1.88 bits per heavy atom. The lowest BCUT2D eigenvalue weighted by Gasteiger charge is -2.38. The maximum atomic E-state index is 13.2. The monoisotopic (exact) mass is 604 g/mol. The molecule has 2 aliphatic heterocycles. The molecule has 5 aromatic heterocycles. The van der Waals surface area contributed by atoms with Crippen molar-refractivity contribution in [2.24, 2.45) is 0 Å². The molecule has 13 nitrogen and oxygen atoms in total. The maximum Gasteiger partial charge on any atom is 0.292 e. The van der Waals surface area contributed by atoms with Crippen molar-refractivity contribution >= 4 is 38.5 Å². The normalized spacial score (nSPS) is 20.5. The van der Waals surface area contributed by atoms with Gasteiger partial charge < -0.3 is 15.6 Å². The number of aromatic amines is 1. The largest absolute Gasteiger partial charge is 0.382 e. The van der Waals surface area contributed by atoms with E-state index in [2.05, 4.69) is 30.2 Å². The lowest BCUT2D eigenvalue weighted by Crippen LogP contribution is -2.46. The van der Waals surface area contributed by atoms with Crippen LogP contribution in [0.1, 0.15) is 58.5 Å². The van der Waals surface area contributed by atoms with Gasteiger partial charge in [0.05, 0.1) is 23.3 Å². The Labute approximate surface area is 245 Å². The van der Waals surface area contributed by atoms with Crippen molar-refractivity contribution in [1.29, 1.82) is 0 Å². The van der Waals surface area contributed by atoms with Gasteiger partial charge in [-0.2, -0.15) is 9.61 Å². The number of rotatable bonds is 5. The second kappa shape index (κ2) is 9.66. The van der Waals surface area contributed by atoms with Crippen molar-refractivity contribution in [3.05, 3.63) is 52.9 Å². The Balaban J connectivity index is 1.28. The van der Waals surface area contributed by atoms with Gasteiger partial charge in [0.25, 0.3) is 5.91 Å². The van der Waals surface area contributed by atoms with Crippen LogP contribution in [0.2, 0.25) is 0 Å². The van der Waals surface area contributed by atoms with Gasteiger partial charge >= 0.3 is 0 Å². The number of amides is 1. The van der Waals surface area contributed by atoms with Crippen molar-refractivity contribution in [3.63, 3.8) is 0 Å². The SMILES string of the molecule is Cc1nc(-c2ccc(-c3cnn4c(N)c(S(C)(=O)=O)c([C@H]5C[C@H]6CC[C@@H](C5)N6C(=O)c5nnc[nH]5)nc34)cn2)sc1C. The van der Waals surface area contributed by atoms with Crippen molar-refractivity contribution < 1.29 is 13.2 Å². The van der Waals surface area contributed by atoms with Crippen LogP contribution >= 0.6 is 11.3 Å². The second-order valence-electron chi connectivity index (χ2n) is 11.0. The number of sulfone groups is 1. The van der Waals surface area contributed by atoms with Gasteiger partial charge in [-0.3, -0.25) is 9.78 Å². The summed E-state index contributed by atoms with van der Waals surface area (Å²) in [5, 5.41) is 12.9. The Bertz CT molecular complexity index is 1910. The molecule has 0 spiro atoms. The van der Waals surface area contributed by atoms with Crippen molar-refractivity contribution in [3.8, 4) is 21.8 Å². The molecule has 7 heterocycles. The molecule has 0 aliphatic carbocycles. The molecule has 0 unspecified atom stereocenters. The zero-order valence-corrected chi connectivity index (χ0v) is 24.8. The number of carbonyl (C=O) groups excluding carboxylic acids is 1. The smallest absolute Gasteiger partial charge is 0.292 e. The summed E-state index contributed by atoms with van der Waals surface area (Å²) >= 11 is 1.59. The first-order valence-corrected chi connectivity index (χ1v) is 16.3. The summed E-state index contributed by atoms with van der Waals surface area (Å²) in [7, 11) is -3.75. The van der Waals surface area contributed by atoms with Gasteiger partial charge in [0.1, 0.15) is 22.0 Å². The molecule has 7 rings (SSSR count). The minimum atomic E-state index is -3.75. The first-order chi connectivity index (χ1) is 20.1. The van der Waals surface area contributed by atoms with E-state index in [-0.39, 0.29) is 40.4 Å². The summed E-state index contributed by atoms with van der Waals surface area (Å²) < 4.78 is 27.5. The molecule has 3 N–H and O–H groups in total. The van der Waals surface area contributed by atoms with E-state index in [1.165, 1.54) is 10.8 Å². The summed E-state index contributed by atoms with van der Waals surface area (Å²) in [4.78, 5) is 33.1. The quantitative estimate of drug-likeness (QED) is 0.303. The van der Waals surface area contributed by atoms with Gasteiger partial charge in [-0.05, 0) is 45.6 Å². The van der Waals surface area contributed by atoms with Crippen LogP contribution in [0, 0.1) is 13.8 Å². The van der Waals surface area contributed by atoms with E-state index in [9.17, 15) is 13.2 Å². The molecule has 0 aromatic carbocycles. The Morgan fingerprint density at radius 3 is 2.48 bits per heavy atom. The van der Waals surface area contributed by atoms with Gasteiger partial charge in [-0.1, -0.05) is 6.07 Å². The highest BCUT2D eigenvalue weighted by molar-refractivity contribution is 7.91. The first-order valence-electron chi connectivity index (χ1n) is 13.6. The molecule has 5 aromatic rings. The van der Waals surface area contributed by atoms with E-state index >= 15 is 0 Å². The highest BCUT2D eigenvalue weighted by atomic mass is 32.2. The zero-order chi connectivity index (χ0) is 29.3. The van der Waals surface area contributed by atoms with E-state index in [4.69, 9.17) is 10.7 Å². The minimum absolute atomic E-state index is 0.00737. The number of nitrogens with zero attached hydrogens (tertiary/aromatic N) is 8. The number of pyridine rings is 1. The number of anilines is 1. The molecule has 3 atom stereocenters. The van der Waals surface area contributed by atoms with Crippen LogP contribution in [0.3, 0.4) is 0 Å². The molecule has 0 saturated carbocycles. The summed E-state index contributed by atoms with van der Waals surface area (Å²) in [5.41, 5.74) is 10.6. The van der Waals surface area contributed by atoms with Crippen LogP contribution in [0.15, 0.2) is 35.7 Å². The number of nitrogens with one attached hydrogen (secondary N) is 1. The van der Waals surface area contributed by atoms with Gasteiger partial charge in [0.2, 0.25) is 5.82 Å². The molecule has 2 bridgehead atoms. The van der Waals surface area contributed by atoms with E-state index in [0.29, 0.717) is 29.7 Å². The molecular formula is C27H28N10O3S2. The predicted octanol–water partition coefficient (Wildman–Crippen LogP) is 3.19. The highest BCUT2D eigenvalue weighted by Gasteiger charge is 2.46. The first kappa shape index (κ1) is 26.6. The number of H-pyrrole nitrogens is 1. The fourth-order valence-corrected chi connectivity index (χ4v) is 8.25. The number of fused-ring (bicyclic) bond motifs is 3. The molecule has 216 valence electrons. The van der Waals surface area contributed by atoms with Gasteiger partial charge in [0, 0.05) is 46.5 Å². The van der Waals surface area contributed by atoms with Crippen molar-refractivity contribution in [1.82, 2.24) is 44.6 Å². The fourth-order valence-electron chi connectivity index (χ4n) is 6.30. The molecule has 2 fully saturated rings. The Morgan fingerprint density at radius 1 is 1.12 bits per heavy atom. The average molecular weight is 605 g/mol. The molecule has 42 heavy (non-hydrogen) atoms. The minimum Gasteiger partial charge on any atom is -0.382 e. The molecule has 15 heteroatoms. The third-order valence-corrected chi connectivity index (χ3v) is 10.6. The van der Waals surface area contributed by atoms with Crippen LogP contribution in [0.4, 0.5) is 5.82 Å². The van der Waals surface area contributed by atoms with E-state index < -0.39 is 9.84 Å². The van der Waals surface area contributed by atoms with Gasteiger partial charge in [-0.25, -0.2) is 18.4 Å². The third kappa shape index (κ3) is 4.26. The van der Waals surface area contributed by atoms with E-state index in [1.54, 1.807) is 23.7 Å². The lowest BCUT2D eigenvalue weighted by molar-refractivity contribution is 0.0556. The third-order valence-electron chi connectivity index (χ3n) is 8.33. The van der Waals surface area contributed by atoms with Gasteiger partial charge in [0.15, 0.2) is 15.5 Å². The number of hydrogen-bond donors (Lipinski definition) is 2. The summed E-state index contributed by atoms with van der Waals surface area (Å²) in [6.07, 6.45) is 8.67. The zero-order valence-electron chi connectivity index (χ0n) is 23.1. The average Bonchev–Trinajstić information content (AvgIpc) is 3.75. The van der Waals surface area contributed by atoms with Crippen LogP contribution in [0.5, 0.6) is 0 Å². The number of nitrogens with two attached hydrogens (primary N) is 1. The maximum absolute atomic E-state index is 13.2. The number of hydrogen-bond acceptors (Lipinski definition) is 11. The van der Waals surface area contributed by atoms with Crippen LogP contribution in [0.25, 0.3) is 27.5 Å². The molecular weight excluding hydrogens is 576 g/mol. The predicted molar refractivity (Wildman–Crippen MR) is 156 cm³/mol. The molecule has 2 saturated heterocycles. The number of aromatic nitrogens is 8. The number of carbonyl (C=O) groups is 1. The van der Waals surface area contributed by atoms with Crippen LogP contribution in [-0.2, 0) is 9.84 Å². The number of aryl methyl sites for hydroxylation is 2. The summed E-state index contributed by atoms with van der Waals surface area (Å²) in [6.45, 7) is 4.01. The summed E-state index contributed by atoms with van der Waals surface area (Å²) in [5.74, 6) is -0.177. The topological polar surface area (TPSA) is 178 Å². The van der Waals surface area contributed by atoms with Crippen LogP contribution < -0.4 is 5.73 Å². The Kier molecular flexibility index (Phi) is 6.13. The van der Waals surface area contributed by atoms with Crippen LogP contribution in [-0.4, -0.2) is 77.3 Å². The second-order valence-corrected chi connectivity index (χ2v) is 14.1. The number of thiazole rings is 1. The lowest BCUT2D eigenvalue weighted by atomic mass is 9.87. The van der Waals surface area contributed by atoms with E-state index in [0.717, 1.165) is 45.9 Å². The molecule has 1 amide bonds. The van der Waals surface area contributed by atoms with Crippen molar-refractivity contribution in [2.45, 2.75) is 62.4 Å². The van der Waals surface area contributed by atoms with Crippen molar-refractivity contribution in [2.75, 3.05) is 12.0 Å².